The largest absolute Gasteiger partial charge is 0.255 e. The van der Waals surface area contributed by atoms with Gasteiger partial charge in [0.1, 0.15) is 7.05 Å². The van der Waals surface area contributed by atoms with Gasteiger partial charge < -0.3 is 0 Å². The second-order valence-electron chi connectivity index (χ2n) is 5.81. The molecule has 4 rings (SSSR count). The third kappa shape index (κ3) is 3.28. The van der Waals surface area contributed by atoms with Crippen LogP contribution in [0.2, 0.25) is 0 Å². The van der Waals surface area contributed by atoms with Crippen LogP contribution in [-0.4, -0.2) is 15.0 Å². The van der Waals surface area contributed by atoms with Crippen molar-refractivity contribution in [2.45, 2.75) is 0 Å². The minimum atomic E-state index is 0.840. The van der Waals surface area contributed by atoms with Crippen LogP contribution in [-0.2, 0) is 7.05 Å². The summed E-state index contributed by atoms with van der Waals surface area (Å²) < 4.78 is 2.02. The van der Waals surface area contributed by atoms with Gasteiger partial charge in [0.2, 0.25) is 0 Å². The van der Waals surface area contributed by atoms with Gasteiger partial charge in [-0.3, -0.25) is 9.97 Å². The van der Waals surface area contributed by atoms with Gasteiger partial charge >= 0.3 is 0 Å². The Bertz CT molecular complexity index is 924. The zero-order valence-corrected chi connectivity index (χ0v) is 13.9. The third-order valence-corrected chi connectivity index (χ3v) is 3.99. The maximum absolute atomic E-state index is 4.79. The van der Waals surface area contributed by atoms with Crippen LogP contribution in [0.1, 0.15) is 0 Å². The minimum absolute atomic E-state index is 0.840. The third-order valence-electron chi connectivity index (χ3n) is 3.99. The van der Waals surface area contributed by atoms with E-state index in [1.807, 2.05) is 60.4 Å². The predicted molar refractivity (Wildman–Crippen MR) is 97.3 cm³/mol. The fourth-order valence-corrected chi connectivity index (χ4v) is 2.68. The summed E-state index contributed by atoms with van der Waals surface area (Å²) >= 11 is 0. The molecule has 0 aliphatic carbocycles. The summed E-state index contributed by atoms with van der Waals surface area (Å²) in [5, 5.41) is 0. The van der Waals surface area contributed by atoms with Gasteiger partial charge in [-0.2, -0.15) is 0 Å². The molecule has 0 aliphatic heterocycles. The van der Waals surface area contributed by atoms with Gasteiger partial charge in [-0.1, -0.05) is 12.1 Å². The lowest BCUT2D eigenvalue weighted by molar-refractivity contribution is -0.671. The Morgan fingerprint density at radius 2 is 1.20 bits per heavy atom. The van der Waals surface area contributed by atoms with Crippen molar-refractivity contribution in [2.75, 3.05) is 0 Å². The Labute approximate surface area is 146 Å². The van der Waals surface area contributed by atoms with Gasteiger partial charge in [0.25, 0.3) is 0 Å². The van der Waals surface area contributed by atoms with Crippen LogP contribution in [0.4, 0.5) is 0 Å². The molecule has 0 aromatic carbocycles. The number of rotatable bonds is 3. The van der Waals surface area contributed by atoms with E-state index in [2.05, 4.69) is 34.2 Å². The van der Waals surface area contributed by atoms with E-state index in [4.69, 9.17) is 4.98 Å². The number of pyridine rings is 4. The summed E-state index contributed by atoms with van der Waals surface area (Å²) in [7, 11) is 2.01. The maximum Gasteiger partial charge on any atom is 0.169 e. The molecular formula is C21H17N4+. The molecule has 4 heterocycles. The van der Waals surface area contributed by atoms with Crippen molar-refractivity contribution in [3.63, 3.8) is 0 Å². The molecule has 0 fully saturated rings. The van der Waals surface area contributed by atoms with Gasteiger partial charge in [-0.15, -0.1) is 0 Å². The first kappa shape index (κ1) is 15.1. The highest BCUT2D eigenvalue weighted by molar-refractivity contribution is 5.74. The maximum atomic E-state index is 4.79. The molecule has 0 amide bonds. The van der Waals surface area contributed by atoms with Crippen LogP contribution >= 0.6 is 0 Å². The fourth-order valence-electron chi connectivity index (χ4n) is 2.68. The van der Waals surface area contributed by atoms with Gasteiger partial charge in [0, 0.05) is 24.5 Å². The summed E-state index contributed by atoms with van der Waals surface area (Å²) in [4.78, 5) is 13.7. The lowest BCUT2D eigenvalue weighted by atomic mass is 10.0. The quantitative estimate of drug-likeness (QED) is 0.539. The Morgan fingerprint density at radius 3 is 1.68 bits per heavy atom. The zero-order valence-electron chi connectivity index (χ0n) is 13.9. The molecule has 4 aromatic rings. The molecule has 0 unspecified atom stereocenters. The van der Waals surface area contributed by atoms with Crippen molar-refractivity contribution in [1.82, 2.24) is 15.0 Å². The smallest absolute Gasteiger partial charge is 0.169 e. The van der Waals surface area contributed by atoms with Crippen LogP contribution in [0.5, 0.6) is 0 Å². The van der Waals surface area contributed by atoms with Crippen molar-refractivity contribution >= 4 is 0 Å². The van der Waals surface area contributed by atoms with Crippen LogP contribution < -0.4 is 4.57 Å². The first-order valence-corrected chi connectivity index (χ1v) is 8.10. The summed E-state index contributed by atoms with van der Waals surface area (Å²) in [5.41, 5.74) is 5.61. The summed E-state index contributed by atoms with van der Waals surface area (Å²) in [6.07, 6.45) is 7.65. The highest BCUT2D eigenvalue weighted by Crippen LogP contribution is 2.28. The first-order valence-electron chi connectivity index (χ1n) is 8.10. The van der Waals surface area contributed by atoms with Crippen molar-refractivity contribution < 1.29 is 4.57 Å². The van der Waals surface area contributed by atoms with Crippen molar-refractivity contribution in [1.29, 1.82) is 0 Å². The molecule has 4 aromatic heterocycles. The monoisotopic (exact) mass is 325 g/mol. The number of hydrogen-bond acceptors (Lipinski definition) is 3. The lowest BCUT2D eigenvalue weighted by Gasteiger charge is -2.08. The van der Waals surface area contributed by atoms with E-state index >= 15 is 0 Å². The van der Waals surface area contributed by atoms with Gasteiger partial charge in [-0.05, 0) is 47.5 Å². The molecule has 0 bridgehead atoms. The lowest BCUT2D eigenvalue weighted by Crippen LogP contribution is -2.25. The molecule has 0 radical (unpaired) electrons. The minimum Gasteiger partial charge on any atom is -0.255 e. The molecular weight excluding hydrogens is 308 g/mol. The molecule has 0 spiro atoms. The number of aromatic nitrogens is 4. The highest BCUT2D eigenvalue weighted by Gasteiger charge is 2.10. The number of nitrogens with zero attached hydrogens (tertiary/aromatic N) is 4. The topological polar surface area (TPSA) is 42.5 Å². The summed E-state index contributed by atoms with van der Waals surface area (Å²) in [6, 6.07) is 20.0. The number of aryl methyl sites for hydroxylation is 1. The summed E-state index contributed by atoms with van der Waals surface area (Å²) in [5.74, 6) is 0. The predicted octanol–water partition coefficient (Wildman–Crippen LogP) is 3.70. The van der Waals surface area contributed by atoms with Gasteiger partial charge in [0.05, 0.1) is 22.8 Å². The van der Waals surface area contributed by atoms with Crippen molar-refractivity contribution in [2.24, 2.45) is 7.05 Å². The van der Waals surface area contributed by atoms with E-state index in [1.54, 1.807) is 12.4 Å². The average Bonchev–Trinajstić information content (AvgIpc) is 2.69. The molecule has 0 saturated heterocycles. The normalized spacial score (nSPS) is 10.6. The van der Waals surface area contributed by atoms with Gasteiger partial charge in [0.15, 0.2) is 12.4 Å². The fraction of sp³-hybridized carbons (Fsp3) is 0.0476. The standard InChI is InChI=1S/C21H17N4/c1-25-12-8-16(9-13-25)17-14-20(18-6-2-4-10-22-18)24-21(15-17)19-7-3-5-11-23-19/h2-15H,1H3/q+1. The van der Waals surface area contributed by atoms with Crippen LogP contribution in [0.3, 0.4) is 0 Å². The van der Waals surface area contributed by atoms with E-state index in [0.717, 1.165) is 33.9 Å². The summed E-state index contributed by atoms with van der Waals surface area (Å²) in [6.45, 7) is 0. The average molecular weight is 325 g/mol. The Morgan fingerprint density at radius 1 is 0.640 bits per heavy atom. The zero-order chi connectivity index (χ0) is 17.1. The molecule has 0 saturated carbocycles. The highest BCUT2D eigenvalue weighted by atomic mass is 14.9. The molecule has 4 heteroatoms. The SMILES string of the molecule is C[n+]1ccc(-c2cc(-c3ccccn3)nc(-c3ccccn3)c2)cc1. The molecule has 120 valence electrons. The van der Waals surface area contributed by atoms with Crippen LogP contribution in [0.25, 0.3) is 33.9 Å². The molecule has 0 N–H and O–H groups in total. The van der Waals surface area contributed by atoms with E-state index in [1.165, 1.54) is 0 Å². The van der Waals surface area contributed by atoms with E-state index in [-0.39, 0.29) is 0 Å². The second kappa shape index (κ2) is 6.61. The van der Waals surface area contributed by atoms with Crippen molar-refractivity contribution in [3.05, 3.63) is 85.5 Å². The molecule has 4 nitrogen and oxygen atoms in total. The number of hydrogen-bond donors (Lipinski definition) is 0. The Kier molecular flexibility index (Phi) is 4.01. The van der Waals surface area contributed by atoms with Crippen LogP contribution in [0.15, 0.2) is 85.5 Å². The molecule has 0 atom stereocenters. The van der Waals surface area contributed by atoms with E-state index < -0.39 is 0 Å². The molecule has 25 heavy (non-hydrogen) atoms. The van der Waals surface area contributed by atoms with Crippen LogP contribution in [0, 0.1) is 0 Å². The second-order valence-corrected chi connectivity index (χ2v) is 5.81. The Hall–Kier alpha value is -3.40. The van der Waals surface area contributed by atoms with Gasteiger partial charge in [-0.25, -0.2) is 9.55 Å². The molecule has 0 aliphatic rings. The van der Waals surface area contributed by atoms with E-state index in [9.17, 15) is 0 Å². The van der Waals surface area contributed by atoms with E-state index in [0.29, 0.717) is 0 Å². The Balaban J connectivity index is 1.90. The van der Waals surface area contributed by atoms with Crippen molar-refractivity contribution in [3.8, 4) is 33.9 Å². The first-order chi connectivity index (χ1) is 12.3.